The summed E-state index contributed by atoms with van der Waals surface area (Å²) in [6, 6.07) is 22.7. The van der Waals surface area contributed by atoms with Crippen LogP contribution in [0.4, 0.5) is 13.2 Å². The van der Waals surface area contributed by atoms with Gasteiger partial charge in [-0.2, -0.15) is 13.2 Å². The molecule has 6 nitrogen and oxygen atoms in total. The number of amides is 2. The van der Waals surface area contributed by atoms with Crippen LogP contribution in [-0.2, 0) is 33.5 Å². The van der Waals surface area contributed by atoms with Gasteiger partial charge < -0.3 is 19.5 Å². The van der Waals surface area contributed by atoms with E-state index in [0.29, 0.717) is 38.1 Å². The van der Waals surface area contributed by atoms with Gasteiger partial charge in [0.05, 0.1) is 12.1 Å². The van der Waals surface area contributed by atoms with Gasteiger partial charge in [0.2, 0.25) is 11.8 Å². The molecule has 1 unspecified atom stereocenters. The van der Waals surface area contributed by atoms with Crippen molar-refractivity contribution in [1.82, 2.24) is 14.8 Å². The van der Waals surface area contributed by atoms with Crippen LogP contribution in [0, 0.1) is 5.92 Å². The number of para-hydroxylation sites is 1. The largest absolute Gasteiger partial charge is 0.416 e. The number of hydrogen-bond acceptors (Lipinski definition) is 3. The van der Waals surface area contributed by atoms with E-state index in [1.807, 2.05) is 60.8 Å². The minimum absolute atomic E-state index is 0.0515. The molecule has 3 aromatic carbocycles. The summed E-state index contributed by atoms with van der Waals surface area (Å²) in [5.74, 6) is -0.335. The number of rotatable bonds is 13. The van der Waals surface area contributed by atoms with E-state index in [0.717, 1.165) is 40.6 Å². The molecule has 2 amide bonds. The Morgan fingerprint density at radius 1 is 0.930 bits per heavy atom. The molecule has 1 aliphatic carbocycles. The van der Waals surface area contributed by atoms with Crippen LogP contribution >= 0.6 is 0 Å². The summed E-state index contributed by atoms with van der Waals surface area (Å²) in [6.45, 7) is 1.22. The van der Waals surface area contributed by atoms with Gasteiger partial charge in [-0.1, -0.05) is 60.7 Å². The lowest BCUT2D eigenvalue weighted by Gasteiger charge is -2.28. The average Bonchev–Trinajstić information content (AvgIpc) is 3.71. The van der Waals surface area contributed by atoms with E-state index >= 15 is 0 Å². The number of methoxy groups -OCH3 is 1. The summed E-state index contributed by atoms with van der Waals surface area (Å²) in [5.41, 5.74) is 3.00. The Morgan fingerprint density at radius 3 is 2.37 bits per heavy atom. The highest BCUT2D eigenvalue weighted by Gasteiger charge is 2.46. The van der Waals surface area contributed by atoms with Gasteiger partial charge in [-0.3, -0.25) is 9.59 Å². The lowest BCUT2D eigenvalue weighted by molar-refractivity contribution is -0.141. The number of carbonyl (C=O) groups is 2. The summed E-state index contributed by atoms with van der Waals surface area (Å²) >= 11 is 0. The smallest absolute Gasteiger partial charge is 0.385 e. The topological polar surface area (TPSA) is 65.6 Å². The minimum atomic E-state index is -4.44. The van der Waals surface area contributed by atoms with E-state index in [9.17, 15) is 22.8 Å². The van der Waals surface area contributed by atoms with Crippen molar-refractivity contribution in [2.75, 3.05) is 33.4 Å². The van der Waals surface area contributed by atoms with Crippen LogP contribution in [0.1, 0.15) is 41.0 Å². The number of ether oxygens (including phenoxy) is 1. The molecular weight excluding hydrogens is 555 g/mol. The van der Waals surface area contributed by atoms with Gasteiger partial charge in [0.15, 0.2) is 0 Å². The van der Waals surface area contributed by atoms with E-state index in [1.165, 1.54) is 12.1 Å². The van der Waals surface area contributed by atoms with Gasteiger partial charge in [0, 0.05) is 56.4 Å². The Labute approximate surface area is 249 Å². The number of carbonyl (C=O) groups excluding carboxylic acids is 2. The Kier molecular flexibility index (Phi) is 9.50. The number of fused-ring (bicyclic) bond motifs is 1. The molecule has 4 aromatic rings. The lowest BCUT2D eigenvalue weighted by atomic mass is 10.1. The SMILES string of the molecule is COCCCN(CC(=O)N(CCc1c[nH]c2ccccc12)Cc1ccc(C(F)(F)F)cc1)C(=O)C1C[C@H]1c1ccccc1. The quantitative estimate of drug-likeness (QED) is 0.182. The Balaban J connectivity index is 1.33. The molecular formula is C34H36F3N3O3. The van der Waals surface area contributed by atoms with Gasteiger partial charge in [-0.05, 0) is 60.1 Å². The first-order valence-electron chi connectivity index (χ1n) is 14.6. The summed E-state index contributed by atoms with van der Waals surface area (Å²) in [7, 11) is 1.60. The number of benzene rings is 3. The van der Waals surface area contributed by atoms with Gasteiger partial charge in [0.1, 0.15) is 0 Å². The zero-order chi connectivity index (χ0) is 30.4. The molecule has 226 valence electrons. The highest BCUT2D eigenvalue weighted by atomic mass is 19.4. The van der Waals surface area contributed by atoms with Crippen molar-refractivity contribution in [1.29, 1.82) is 0 Å². The summed E-state index contributed by atoms with van der Waals surface area (Å²) in [6.07, 6.45) is -0.636. The first-order chi connectivity index (χ1) is 20.7. The van der Waals surface area contributed by atoms with Crippen molar-refractivity contribution >= 4 is 22.7 Å². The van der Waals surface area contributed by atoms with E-state index < -0.39 is 11.7 Å². The molecule has 1 aromatic heterocycles. The number of aromatic amines is 1. The van der Waals surface area contributed by atoms with Crippen LogP contribution in [-0.4, -0.2) is 59.9 Å². The van der Waals surface area contributed by atoms with Crippen LogP contribution in [0.5, 0.6) is 0 Å². The fourth-order valence-electron chi connectivity index (χ4n) is 5.61. The molecule has 5 rings (SSSR count). The standard InChI is InChI=1S/C34H36F3N3O3/c1-43-19-7-17-40(33(42)30-20-29(30)25-8-3-2-4-9-25)23-32(41)39(22-24-12-14-27(15-13-24)34(35,36)37)18-16-26-21-38-31-11-6-5-10-28(26)31/h2-6,8-15,21,29-30,38H,7,16-20,22-23H2,1H3/t29-,30?/m0/s1. The molecule has 0 bridgehead atoms. The van der Waals surface area contributed by atoms with Crippen LogP contribution < -0.4 is 0 Å². The number of halogens is 3. The predicted molar refractivity (Wildman–Crippen MR) is 159 cm³/mol. The van der Waals surface area contributed by atoms with E-state index in [2.05, 4.69) is 4.98 Å². The molecule has 1 N–H and O–H groups in total. The third-order valence-corrected chi connectivity index (χ3v) is 8.08. The molecule has 0 aliphatic heterocycles. The Morgan fingerprint density at radius 2 is 1.65 bits per heavy atom. The van der Waals surface area contributed by atoms with Crippen molar-refractivity contribution in [2.24, 2.45) is 5.92 Å². The highest BCUT2D eigenvalue weighted by molar-refractivity contribution is 5.88. The average molecular weight is 592 g/mol. The van der Waals surface area contributed by atoms with Crippen molar-refractivity contribution in [3.63, 3.8) is 0 Å². The first kappa shape index (κ1) is 30.4. The van der Waals surface area contributed by atoms with Gasteiger partial charge in [-0.25, -0.2) is 0 Å². The monoisotopic (exact) mass is 591 g/mol. The maximum atomic E-state index is 13.9. The minimum Gasteiger partial charge on any atom is -0.385 e. The third kappa shape index (κ3) is 7.65. The first-order valence-corrected chi connectivity index (χ1v) is 14.6. The van der Waals surface area contributed by atoms with Gasteiger partial charge in [-0.15, -0.1) is 0 Å². The third-order valence-electron chi connectivity index (χ3n) is 8.08. The molecule has 1 fully saturated rings. The van der Waals surface area contributed by atoms with Crippen molar-refractivity contribution < 1.29 is 27.5 Å². The molecule has 2 atom stereocenters. The lowest BCUT2D eigenvalue weighted by Crippen LogP contribution is -2.44. The normalized spacial score (nSPS) is 16.3. The number of H-pyrrole nitrogens is 1. The second-order valence-electron chi connectivity index (χ2n) is 11.1. The number of aromatic nitrogens is 1. The van der Waals surface area contributed by atoms with Crippen LogP contribution in [0.2, 0.25) is 0 Å². The fourth-order valence-corrected chi connectivity index (χ4v) is 5.61. The van der Waals surface area contributed by atoms with E-state index in [4.69, 9.17) is 4.74 Å². The number of alkyl halides is 3. The molecule has 0 radical (unpaired) electrons. The predicted octanol–water partition coefficient (Wildman–Crippen LogP) is 6.43. The molecule has 1 heterocycles. The zero-order valence-corrected chi connectivity index (χ0v) is 24.1. The maximum absolute atomic E-state index is 13.9. The highest BCUT2D eigenvalue weighted by Crippen LogP contribution is 2.48. The van der Waals surface area contributed by atoms with Crippen molar-refractivity contribution in [3.8, 4) is 0 Å². The summed E-state index contributed by atoms with van der Waals surface area (Å²) < 4.78 is 44.7. The molecule has 1 saturated carbocycles. The van der Waals surface area contributed by atoms with Crippen LogP contribution in [0.15, 0.2) is 85.1 Å². The summed E-state index contributed by atoms with van der Waals surface area (Å²) in [5, 5.41) is 1.06. The number of nitrogens with one attached hydrogen (secondary N) is 1. The number of hydrogen-bond donors (Lipinski definition) is 1. The fraction of sp³-hybridized carbons (Fsp3) is 0.353. The maximum Gasteiger partial charge on any atom is 0.416 e. The van der Waals surface area contributed by atoms with Crippen molar-refractivity contribution in [2.45, 2.75) is 37.9 Å². The van der Waals surface area contributed by atoms with Crippen LogP contribution in [0.3, 0.4) is 0 Å². The van der Waals surface area contributed by atoms with Gasteiger partial charge in [0.25, 0.3) is 0 Å². The summed E-state index contributed by atoms with van der Waals surface area (Å²) in [4.78, 5) is 34.0. The Hall–Kier alpha value is -4.11. The van der Waals surface area contributed by atoms with Crippen molar-refractivity contribution in [3.05, 3.63) is 107 Å². The van der Waals surface area contributed by atoms with Gasteiger partial charge >= 0.3 is 6.18 Å². The van der Waals surface area contributed by atoms with E-state index in [1.54, 1.807) is 16.9 Å². The molecule has 1 aliphatic rings. The second-order valence-corrected chi connectivity index (χ2v) is 11.1. The zero-order valence-electron chi connectivity index (χ0n) is 24.1. The number of nitrogens with zero attached hydrogens (tertiary/aromatic N) is 2. The molecule has 0 spiro atoms. The Bertz CT molecular complexity index is 1520. The molecule has 9 heteroatoms. The van der Waals surface area contributed by atoms with E-state index in [-0.39, 0.29) is 36.7 Å². The molecule has 43 heavy (non-hydrogen) atoms. The second kappa shape index (κ2) is 13.5. The van der Waals surface area contributed by atoms with Crippen LogP contribution in [0.25, 0.3) is 10.9 Å². The molecule has 0 saturated heterocycles.